The van der Waals surface area contributed by atoms with Gasteiger partial charge in [-0.1, -0.05) is 30.1 Å². The number of alkyl halides is 3. The van der Waals surface area contributed by atoms with E-state index in [1.54, 1.807) is 12.1 Å². The van der Waals surface area contributed by atoms with E-state index in [9.17, 15) is 18.0 Å². The van der Waals surface area contributed by atoms with E-state index >= 15 is 0 Å². The van der Waals surface area contributed by atoms with Crippen LogP contribution in [0.4, 0.5) is 18.9 Å². The lowest BCUT2D eigenvalue weighted by molar-refractivity contribution is -0.154. The molecule has 2 aromatic carbocycles. The second kappa shape index (κ2) is 9.68. The maximum atomic E-state index is 13.1. The minimum absolute atomic E-state index is 0.0348. The highest BCUT2D eigenvalue weighted by atomic mass is 35.5. The van der Waals surface area contributed by atoms with Crippen molar-refractivity contribution in [2.24, 2.45) is 0 Å². The zero-order valence-electron chi connectivity index (χ0n) is 17.5. The lowest BCUT2D eigenvalue weighted by Crippen LogP contribution is -2.20. The molecule has 0 aliphatic rings. The van der Waals surface area contributed by atoms with Crippen LogP contribution in [0.15, 0.2) is 34.9 Å². The van der Waals surface area contributed by atoms with Crippen LogP contribution >= 0.6 is 11.6 Å². The molecule has 1 aromatic heterocycles. The number of rotatable bonds is 9. The molecule has 0 amide bonds. The number of hydrogen-bond donors (Lipinski definition) is 1. The van der Waals surface area contributed by atoms with Crippen molar-refractivity contribution < 1.29 is 32.3 Å². The third kappa shape index (κ3) is 5.09. The molecule has 32 heavy (non-hydrogen) atoms. The Morgan fingerprint density at radius 3 is 2.66 bits per heavy atom. The first-order chi connectivity index (χ1) is 15.1. The number of fused-ring (bicyclic) bond motifs is 1. The standard InChI is InChI=1S/C22H22ClF3N2O4/c1-3-5-15-18(9-8-16-19(15)27-32-20(16)22(24,25)26)31-11-4-10-28(2)13-6-7-14(21(29)30)17(23)12-13/h6-9,12H,3-5,10-11H2,1-2H3,(H,29,30). The Balaban J connectivity index is 1.66. The van der Waals surface area contributed by atoms with E-state index in [0.717, 1.165) is 5.69 Å². The molecule has 0 aliphatic heterocycles. The van der Waals surface area contributed by atoms with E-state index in [-0.39, 0.29) is 21.5 Å². The fourth-order valence-electron chi connectivity index (χ4n) is 3.40. The van der Waals surface area contributed by atoms with Crippen molar-refractivity contribution >= 4 is 34.2 Å². The predicted octanol–water partition coefficient (Wildman–Crippen LogP) is 6.06. The maximum Gasteiger partial charge on any atom is 0.453 e. The van der Waals surface area contributed by atoms with Gasteiger partial charge in [0.25, 0.3) is 0 Å². The number of aromatic nitrogens is 1. The molecule has 1 heterocycles. The van der Waals surface area contributed by atoms with Gasteiger partial charge >= 0.3 is 12.1 Å². The fraction of sp³-hybridized carbons (Fsp3) is 0.364. The maximum absolute atomic E-state index is 13.1. The van der Waals surface area contributed by atoms with Crippen LogP contribution < -0.4 is 9.64 Å². The van der Waals surface area contributed by atoms with Crippen molar-refractivity contribution in [2.45, 2.75) is 32.4 Å². The molecule has 0 aliphatic carbocycles. The minimum Gasteiger partial charge on any atom is -0.493 e. The number of aromatic carboxylic acids is 1. The highest BCUT2D eigenvalue weighted by molar-refractivity contribution is 6.33. The summed E-state index contributed by atoms with van der Waals surface area (Å²) in [6, 6.07) is 7.55. The second-order valence-electron chi connectivity index (χ2n) is 7.29. The van der Waals surface area contributed by atoms with Crippen LogP contribution in [-0.2, 0) is 12.6 Å². The van der Waals surface area contributed by atoms with Gasteiger partial charge in [-0.05, 0) is 43.2 Å². The van der Waals surface area contributed by atoms with Crippen LogP contribution in [0.3, 0.4) is 0 Å². The Labute approximate surface area is 187 Å². The summed E-state index contributed by atoms with van der Waals surface area (Å²) in [4.78, 5) is 13.0. The first-order valence-corrected chi connectivity index (χ1v) is 10.4. The Kier molecular flexibility index (Phi) is 7.18. The zero-order valence-corrected chi connectivity index (χ0v) is 18.3. The van der Waals surface area contributed by atoms with Crippen LogP contribution in [0.25, 0.3) is 10.9 Å². The SMILES string of the molecule is CCCc1c(OCCCN(C)c2ccc(C(=O)O)c(Cl)c2)ccc2c(C(F)(F)F)onc12. The summed E-state index contributed by atoms with van der Waals surface area (Å²) in [7, 11) is 1.84. The molecule has 0 fully saturated rings. The summed E-state index contributed by atoms with van der Waals surface area (Å²) in [5.74, 6) is -1.71. The summed E-state index contributed by atoms with van der Waals surface area (Å²) in [5.41, 5.74) is 1.55. The smallest absolute Gasteiger partial charge is 0.453 e. The molecular formula is C22H22ClF3N2O4. The molecule has 0 saturated carbocycles. The van der Waals surface area contributed by atoms with Gasteiger partial charge in [-0.2, -0.15) is 13.2 Å². The van der Waals surface area contributed by atoms with Crippen LogP contribution in [0.1, 0.15) is 41.4 Å². The summed E-state index contributed by atoms with van der Waals surface area (Å²) < 4.78 is 49.8. The first kappa shape index (κ1) is 23.7. The number of benzene rings is 2. The molecule has 1 N–H and O–H groups in total. The van der Waals surface area contributed by atoms with Gasteiger partial charge in [-0.25, -0.2) is 4.79 Å². The van der Waals surface area contributed by atoms with Crippen LogP contribution in [0.5, 0.6) is 5.75 Å². The highest BCUT2D eigenvalue weighted by Crippen LogP contribution is 2.38. The molecule has 0 bridgehead atoms. The number of carboxylic acid groups (broad SMARTS) is 1. The van der Waals surface area contributed by atoms with E-state index in [1.165, 1.54) is 18.2 Å². The predicted molar refractivity (Wildman–Crippen MR) is 115 cm³/mol. The summed E-state index contributed by atoms with van der Waals surface area (Å²) >= 11 is 6.02. The minimum atomic E-state index is -4.61. The number of aryl methyl sites for hydroxylation is 1. The lowest BCUT2D eigenvalue weighted by Gasteiger charge is -2.20. The second-order valence-corrected chi connectivity index (χ2v) is 7.70. The summed E-state index contributed by atoms with van der Waals surface area (Å²) in [6.07, 6.45) is -2.79. The number of carboxylic acids is 1. The summed E-state index contributed by atoms with van der Waals surface area (Å²) in [5, 5.41) is 12.8. The van der Waals surface area contributed by atoms with E-state index in [0.29, 0.717) is 43.7 Å². The van der Waals surface area contributed by atoms with Gasteiger partial charge in [0.15, 0.2) is 0 Å². The van der Waals surface area contributed by atoms with Crippen molar-refractivity contribution in [1.82, 2.24) is 5.16 Å². The van der Waals surface area contributed by atoms with Crippen LogP contribution in [-0.4, -0.2) is 36.4 Å². The summed E-state index contributed by atoms with van der Waals surface area (Å²) in [6.45, 7) is 2.84. The number of carbonyl (C=O) groups is 1. The van der Waals surface area contributed by atoms with Gasteiger partial charge in [0.1, 0.15) is 11.3 Å². The van der Waals surface area contributed by atoms with Crippen LogP contribution in [0, 0.1) is 0 Å². The molecule has 3 aromatic rings. The molecule has 0 atom stereocenters. The van der Waals surface area contributed by atoms with E-state index in [2.05, 4.69) is 9.68 Å². The van der Waals surface area contributed by atoms with Gasteiger partial charge in [-0.3, -0.25) is 0 Å². The molecular weight excluding hydrogens is 449 g/mol. The van der Waals surface area contributed by atoms with Gasteiger partial charge in [-0.15, -0.1) is 0 Å². The van der Waals surface area contributed by atoms with Gasteiger partial charge in [0.05, 0.1) is 22.6 Å². The van der Waals surface area contributed by atoms with Crippen molar-refractivity contribution in [3.05, 3.63) is 52.2 Å². The third-order valence-corrected chi connectivity index (χ3v) is 5.30. The molecule has 0 unspecified atom stereocenters. The Morgan fingerprint density at radius 1 is 1.28 bits per heavy atom. The quantitative estimate of drug-likeness (QED) is 0.383. The number of hydrogen-bond acceptors (Lipinski definition) is 5. The zero-order chi connectivity index (χ0) is 23.5. The normalized spacial score (nSPS) is 11.7. The van der Waals surface area contributed by atoms with E-state index in [1.807, 2.05) is 18.9 Å². The monoisotopic (exact) mass is 470 g/mol. The van der Waals surface area contributed by atoms with Crippen LogP contribution in [0.2, 0.25) is 5.02 Å². The van der Waals surface area contributed by atoms with Crippen molar-refractivity contribution in [1.29, 1.82) is 0 Å². The topological polar surface area (TPSA) is 75.8 Å². The van der Waals surface area contributed by atoms with Crippen molar-refractivity contribution in [3.63, 3.8) is 0 Å². The van der Waals surface area contributed by atoms with E-state index < -0.39 is 17.9 Å². The highest BCUT2D eigenvalue weighted by Gasteiger charge is 2.38. The van der Waals surface area contributed by atoms with Crippen molar-refractivity contribution in [2.75, 3.05) is 25.1 Å². The number of ether oxygens (including phenoxy) is 1. The third-order valence-electron chi connectivity index (χ3n) is 4.99. The van der Waals surface area contributed by atoms with Gasteiger partial charge in [0, 0.05) is 24.8 Å². The number of halogens is 4. The number of anilines is 1. The molecule has 0 spiro atoms. The molecule has 0 radical (unpaired) electrons. The average Bonchev–Trinajstić information content (AvgIpc) is 3.17. The molecule has 10 heteroatoms. The Bertz CT molecular complexity index is 1110. The molecule has 0 saturated heterocycles. The average molecular weight is 471 g/mol. The lowest BCUT2D eigenvalue weighted by atomic mass is 10.0. The number of nitrogens with zero attached hydrogens (tertiary/aromatic N) is 2. The molecule has 6 nitrogen and oxygen atoms in total. The first-order valence-electron chi connectivity index (χ1n) is 9.98. The van der Waals surface area contributed by atoms with Gasteiger partial charge in [0.2, 0.25) is 5.76 Å². The van der Waals surface area contributed by atoms with Crippen molar-refractivity contribution in [3.8, 4) is 5.75 Å². The largest absolute Gasteiger partial charge is 0.493 e. The Hall–Kier alpha value is -2.94. The van der Waals surface area contributed by atoms with Gasteiger partial charge < -0.3 is 19.3 Å². The molecule has 3 rings (SSSR count). The molecule has 172 valence electrons. The fourth-order valence-corrected chi connectivity index (χ4v) is 3.66. The van der Waals surface area contributed by atoms with E-state index in [4.69, 9.17) is 21.4 Å². The Morgan fingerprint density at radius 2 is 2.03 bits per heavy atom.